The summed E-state index contributed by atoms with van der Waals surface area (Å²) in [6, 6.07) is 0. The van der Waals surface area contributed by atoms with E-state index in [1.165, 1.54) is 11.1 Å². The minimum atomic E-state index is 0.278. The van der Waals surface area contributed by atoms with E-state index in [1.807, 2.05) is 19.9 Å². The fourth-order valence-corrected chi connectivity index (χ4v) is 1.36. The number of carbonyl (C=O) groups is 1. The van der Waals surface area contributed by atoms with Crippen molar-refractivity contribution in [1.82, 2.24) is 0 Å². The van der Waals surface area contributed by atoms with Crippen molar-refractivity contribution in [1.29, 1.82) is 0 Å². The second-order valence-electron chi connectivity index (χ2n) is 3.09. The molecule has 0 amide bonds. The summed E-state index contributed by atoms with van der Waals surface area (Å²) in [7, 11) is 0. The fourth-order valence-electron chi connectivity index (χ4n) is 1.36. The summed E-state index contributed by atoms with van der Waals surface area (Å²) in [5.74, 6) is 0.278. The Morgan fingerprint density at radius 3 is 2.64 bits per heavy atom. The van der Waals surface area contributed by atoms with Crippen molar-refractivity contribution < 1.29 is 4.79 Å². The maximum Gasteiger partial charge on any atom is 0.162 e. The molecule has 1 rings (SSSR count). The van der Waals surface area contributed by atoms with Crippen molar-refractivity contribution >= 4 is 5.78 Å². The van der Waals surface area contributed by atoms with E-state index >= 15 is 0 Å². The molecule has 11 heavy (non-hydrogen) atoms. The Morgan fingerprint density at radius 1 is 1.45 bits per heavy atom. The van der Waals surface area contributed by atoms with Crippen LogP contribution in [-0.4, -0.2) is 5.78 Å². The van der Waals surface area contributed by atoms with Gasteiger partial charge in [0, 0.05) is 6.42 Å². The van der Waals surface area contributed by atoms with Crippen molar-refractivity contribution in [2.45, 2.75) is 33.6 Å². The van der Waals surface area contributed by atoms with Gasteiger partial charge in [0.05, 0.1) is 0 Å². The largest absolute Gasteiger partial charge is 0.294 e. The lowest BCUT2D eigenvalue weighted by molar-refractivity contribution is -0.115. The lowest BCUT2D eigenvalue weighted by atomic mass is 9.92. The molecular formula is C10H14O. The topological polar surface area (TPSA) is 17.1 Å². The molecule has 0 heterocycles. The van der Waals surface area contributed by atoms with Crippen molar-refractivity contribution in [2.24, 2.45) is 0 Å². The van der Waals surface area contributed by atoms with E-state index < -0.39 is 0 Å². The molecule has 0 aliphatic heterocycles. The molecule has 0 spiro atoms. The maximum absolute atomic E-state index is 11.2. The summed E-state index contributed by atoms with van der Waals surface area (Å²) in [5.41, 5.74) is 3.48. The molecule has 0 unspecified atom stereocenters. The van der Waals surface area contributed by atoms with Crippen molar-refractivity contribution in [2.75, 3.05) is 0 Å². The average Bonchev–Trinajstić information content (AvgIpc) is 1.97. The third kappa shape index (κ3) is 1.59. The molecule has 0 saturated carbocycles. The normalized spacial score (nSPS) is 18.8. The van der Waals surface area contributed by atoms with Crippen molar-refractivity contribution in [3.05, 3.63) is 22.8 Å². The van der Waals surface area contributed by atoms with Crippen LogP contribution in [0.3, 0.4) is 0 Å². The van der Waals surface area contributed by atoms with Gasteiger partial charge in [-0.2, -0.15) is 0 Å². The van der Waals surface area contributed by atoms with Crippen LogP contribution in [0.4, 0.5) is 0 Å². The number of Topliss-reactive ketones (excluding diaryl/α,β-unsaturated/α-hetero) is 1. The Balaban J connectivity index is 2.96. The first-order valence-corrected chi connectivity index (χ1v) is 4.05. The lowest BCUT2D eigenvalue weighted by Crippen LogP contribution is -2.06. The molecule has 1 heteroatoms. The number of ketones is 1. The van der Waals surface area contributed by atoms with Gasteiger partial charge in [-0.25, -0.2) is 0 Å². The first kappa shape index (κ1) is 8.25. The molecule has 0 aromatic rings. The predicted molar refractivity (Wildman–Crippen MR) is 46.4 cm³/mol. The molecule has 0 aromatic carbocycles. The number of allylic oxidation sites excluding steroid dienone is 4. The maximum atomic E-state index is 11.2. The zero-order valence-electron chi connectivity index (χ0n) is 7.40. The van der Waals surface area contributed by atoms with Crippen LogP contribution in [0, 0.1) is 0 Å². The molecule has 0 atom stereocenters. The van der Waals surface area contributed by atoms with Crippen molar-refractivity contribution in [3.63, 3.8) is 0 Å². The molecule has 1 aliphatic carbocycles. The highest BCUT2D eigenvalue weighted by Crippen LogP contribution is 2.22. The Morgan fingerprint density at radius 2 is 2.09 bits per heavy atom. The van der Waals surface area contributed by atoms with Crippen LogP contribution >= 0.6 is 0 Å². The molecule has 0 bridgehead atoms. The summed E-state index contributed by atoms with van der Waals surface area (Å²) >= 11 is 0. The summed E-state index contributed by atoms with van der Waals surface area (Å²) in [6.07, 6.45) is 3.68. The van der Waals surface area contributed by atoms with Gasteiger partial charge in [-0.1, -0.05) is 18.6 Å². The molecule has 0 radical (unpaired) electrons. The molecule has 0 saturated heterocycles. The Hall–Kier alpha value is -0.850. The highest BCUT2D eigenvalue weighted by Gasteiger charge is 2.13. The van der Waals surface area contributed by atoms with E-state index in [1.54, 1.807) is 0 Å². The number of hydrogen-bond acceptors (Lipinski definition) is 1. The highest BCUT2D eigenvalue weighted by molar-refractivity contribution is 5.98. The van der Waals surface area contributed by atoms with E-state index in [9.17, 15) is 4.79 Å². The SMILES string of the molecule is CCC1=C(C)CC(=O)C(C)=C1. The zero-order valence-corrected chi connectivity index (χ0v) is 7.40. The van der Waals surface area contributed by atoms with Crippen LogP contribution in [-0.2, 0) is 4.79 Å². The fraction of sp³-hybridized carbons (Fsp3) is 0.500. The highest BCUT2D eigenvalue weighted by atomic mass is 16.1. The van der Waals surface area contributed by atoms with Crippen LogP contribution in [0.15, 0.2) is 22.8 Å². The molecule has 60 valence electrons. The Bertz CT molecular complexity index is 244. The first-order valence-electron chi connectivity index (χ1n) is 4.05. The Labute approximate surface area is 67.8 Å². The van der Waals surface area contributed by atoms with Crippen LogP contribution in [0.2, 0.25) is 0 Å². The van der Waals surface area contributed by atoms with Gasteiger partial charge in [0.1, 0.15) is 0 Å². The van der Waals surface area contributed by atoms with E-state index in [-0.39, 0.29) is 5.78 Å². The van der Waals surface area contributed by atoms with Crippen LogP contribution in [0.1, 0.15) is 33.6 Å². The number of carbonyl (C=O) groups excluding carboxylic acids is 1. The van der Waals surface area contributed by atoms with Gasteiger partial charge in [0.25, 0.3) is 0 Å². The third-order valence-electron chi connectivity index (χ3n) is 2.19. The van der Waals surface area contributed by atoms with E-state index in [2.05, 4.69) is 6.92 Å². The summed E-state index contributed by atoms with van der Waals surface area (Å²) in [6.45, 7) is 6.06. The van der Waals surface area contributed by atoms with Crippen LogP contribution in [0.5, 0.6) is 0 Å². The van der Waals surface area contributed by atoms with Gasteiger partial charge < -0.3 is 0 Å². The summed E-state index contributed by atoms with van der Waals surface area (Å²) < 4.78 is 0. The standard InChI is InChI=1S/C10H14O/c1-4-9-5-8(3)10(11)6-7(9)2/h5H,4,6H2,1-3H3. The van der Waals surface area contributed by atoms with E-state index in [4.69, 9.17) is 0 Å². The minimum absolute atomic E-state index is 0.278. The molecular weight excluding hydrogens is 136 g/mol. The van der Waals surface area contributed by atoms with Gasteiger partial charge in [-0.05, 0) is 31.4 Å². The smallest absolute Gasteiger partial charge is 0.162 e. The minimum Gasteiger partial charge on any atom is -0.294 e. The molecule has 0 fully saturated rings. The van der Waals surface area contributed by atoms with Crippen molar-refractivity contribution in [3.8, 4) is 0 Å². The number of rotatable bonds is 1. The van der Waals surface area contributed by atoms with Crippen LogP contribution in [0.25, 0.3) is 0 Å². The quantitative estimate of drug-likeness (QED) is 0.561. The second kappa shape index (κ2) is 3.04. The van der Waals surface area contributed by atoms with Crippen LogP contribution < -0.4 is 0 Å². The molecule has 0 N–H and O–H groups in total. The van der Waals surface area contributed by atoms with Gasteiger partial charge in [0.2, 0.25) is 0 Å². The molecule has 1 nitrogen and oxygen atoms in total. The number of hydrogen-bond donors (Lipinski definition) is 0. The monoisotopic (exact) mass is 150 g/mol. The second-order valence-corrected chi connectivity index (χ2v) is 3.09. The summed E-state index contributed by atoms with van der Waals surface area (Å²) in [5, 5.41) is 0. The third-order valence-corrected chi connectivity index (χ3v) is 2.19. The van der Waals surface area contributed by atoms with Gasteiger partial charge in [-0.3, -0.25) is 4.79 Å². The van der Waals surface area contributed by atoms with Gasteiger partial charge in [0.15, 0.2) is 5.78 Å². The average molecular weight is 150 g/mol. The molecule has 0 aromatic heterocycles. The summed E-state index contributed by atoms with van der Waals surface area (Å²) in [4.78, 5) is 11.2. The van der Waals surface area contributed by atoms with E-state index in [0.717, 1.165) is 12.0 Å². The predicted octanol–water partition coefficient (Wildman–Crippen LogP) is 2.63. The first-order chi connectivity index (χ1) is 5.15. The van der Waals surface area contributed by atoms with E-state index in [0.29, 0.717) is 6.42 Å². The van der Waals surface area contributed by atoms with Gasteiger partial charge >= 0.3 is 0 Å². The zero-order chi connectivity index (χ0) is 8.43. The lowest BCUT2D eigenvalue weighted by Gasteiger charge is -2.12. The van der Waals surface area contributed by atoms with Gasteiger partial charge in [-0.15, -0.1) is 0 Å². The Kier molecular flexibility index (Phi) is 2.28. The molecule has 1 aliphatic rings.